The van der Waals surface area contributed by atoms with E-state index >= 15 is 0 Å². The van der Waals surface area contributed by atoms with Crippen molar-refractivity contribution >= 4 is 0 Å². The van der Waals surface area contributed by atoms with E-state index in [0.29, 0.717) is 16.9 Å². The van der Waals surface area contributed by atoms with Crippen LogP contribution < -0.4 is 0 Å². The minimum absolute atomic E-state index is 0.210. The summed E-state index contributed by atoms with van der Waals surface area (Å²) in [5.74, 6) is 5.42. The minimum Gasteiger partial charge on any atom is -0.396 e. The highest BCUT2D eigenvalue weighted by atomic mass is 16.5. The molecule has 1 N–H and O–H groups in total. The highest BCUT2D eigenvalue weighted by Gasteiger charge is 2.59. The third-order valence-corrected chi connectivity index (χ3v) is 11.5. The molecule has 2 heteroatoms. The van der Waals surface area contributed by atoms with Gasteiger partial charge in [-0.25, -0.2) is 0 Å². The summed E-state index contributed by atoms with van der Waals surface area (Å²) in [5, 5.41) is 9.41. The Balaban J connectivity index is 1.44. The average molecular weight is 473 g/mol. The molecule has 34 heavy (non-hydrogen) atoms. The smallest absolute Gasteiger partial charge is 0.0652 e. The number of ether oxygens (including phenoxy) is 1. The van der Waals surface area contributed by atoms with Crippen LogP contribution in [-0.2, 0) is 4.74 Å². The Morgan fingerprint density at radius 2 is 1.79 bits per heavy atom. The van der Waals surface area contributed by atoms with Crippen molar-refractivity contribution < 1.29 is 9.84 Å². The third kappa shape index (κ3) is 5.06. The number of allylic oxidation sites excluding steroid dienone is 1. The highest BCUT2D eigenvalue weighted by Crippen LogP contribution is 2.67. The molecule has 4 aliphatic rings. The molecule has 0 saturated heterocycles. The lowest BCUT2D eigenvalue weighted by Gasteiger charge is -2.58. The molecule has 0 radical (unpaired) electrons. The first-order valence-electron chi connectivity index (χ1n) is 15.0. The molecular weight excluding hydrogens is 416 g/mol. The number of aliphatic hydroxyl groups excluding tert-OH is 1. The van der Waals surface area contributed by atoms with Crippen molar-refractivity contribution in [2.75, 3.05) is 6.61 Å². The molecule has 0 heterocycles. The molecule has 4 rings (SSSR count). The fourth-order valence-corrected chi connectivity index (χ4v) is 9.53. The third-order valence-electron chi connectivity index (χ3n) is 11.5. The van der Waals surface area contributed by atoms with E-state index in [4.69, 9.17) is 4.74 Å². The van der Waals surface area contributed by atoms with Crippen LogP contribution >= 0.6 is 0 Å². The van der Waals surface area contributed by atoms with Gasteiger partial charge < -0.3 is 9.84 Å². The van der Waals surface area contributed by atoms with Crippen molar-refractivity contribution in [1.82, 2.24) is 0 Å². The average Bonchev–Trinajstić information content (AvgIpc) is 3.10. The Hall–Kier alpha value is -0.340. The van der Waals surface area contributed by atoms with Gasteiger partial charge in [0.2, 0.25) is 0 Å². The number of rotatable bonds is 9. The first-order chi connectivity index (χ1) is 16.0. The van der Waals surface area contributed by atoms with Crippen LogP contribution in [0, 0.1) is 46.3 Å². The molecule has 0 aliphatic heterocycles. The van der Waals surface area contributed by atoms with Gasteiger partial charge in [0.25, 0.3) is 0 Å². The predicted molar refractivity (Wildman–Crippen MR) is 144 cm³/mol. The van der Waals surface area contributed by atoms with Crippen LogP contribution in [0.4, 0.5) is 0 Å². The number of hydrogen-bond donors (Lipinski definition) is 1. The van der Waals surface area contributed by atoms with Gasteiger partial charge in [-0.1, -0.05) is 65.5 Å². The molecule has 4 aliphatic carbocycles. The van der Waals surface area contributed by atoms with Crippen molar-refractivity contribution in [2.24, 2.45) is 46.3 Å². The fourth-order valence-electron chi connectivity index (χ4n) is 9.53. The molecule has 3 saturated carbocycles. The summed E-state index contributed by atoms with van der Waals surface area (Å²) in [4.78, 5) is 0. The van der Waals surface area contributed by atoms with E-state index in [1.54, 1.807) is 5.57 Å². The van der Waals surface area contributed by atoms with Crippen molar-refractivity contribution in [1.29, 1.82) is 0 Å². The minimum atomic E-state index is -0.220. The maximum Gasteiger partial charge on any atom is 0.0652 e. The number of fused-ring (bicyclic) bond motifs is 5. The van der Waals surface area contributed by atoms with Gasteiger partial charge in [0.15, 0.2) is 0 Å². The molecule has 0 aromatic carbocycles. The van der Waals surface area contributed by atoms with E-state index in [2.05, 4.69) is 54.5 Å². The Bertz CT molecular complexity index is 723. The summed E-state index contributed by atoms with van der Waals surface area (Å²) in [6, 6.07) is 0. The van der Waals surface area contributed by atoms with E-state index in [-0.39, 0.29) is 12.2 Å². The lowest BCUT2D eigenvalue weighted by molar-refractivity contribution is -0.109. The maximum atomic E-state index is 9.41. The molecule has 2 nitrogen and oxygen atoms in total. The van der Waals surface area contributed by atoms with Gasteiger partial charge in [-0.05, 0) is 118 Å². The molecular formula is C32H56O2. The van der Waals surface area contributed by atoms with Crippen LogP contribution in [0.2, 0.25) is 0 Å². The standard InChI is InChI=1S/C32H56O2/c1-22(2)9-8-10-23(3)27-13-14-28-26-12-11-24-21-25(34-30(4,5)19-20-33)15-17-31(24,6)29(26)16-18-32(27,28)7/h11,22-23,25-29,33H,8-10,12-21H2,1-7H3. The predicted octanol–water partition coefficient (Wildman–Crippen LogP) is 8.57. The van der Waals surface area contributed by atoms with E-state index in [1.807, 2.05) is 0 Å². The first kappa shape index (κ1) is 26.7. The van der Waals surface area contributed by atoms with E-state index < -0.39 is 0 Å². The Morgan fingerprint density at radius 3 is 2.50 bits per heavy atom. The van der Waals surface area contributed by atoms with Gasteiger partial charge >= 0.3 is 0 Å². The lowest BCUT2D eigenvalue weighted by atomic mass is 9.47. The van der Waals surface area contributed by atoms with Gasteiger partial charge in [0.05, 0.1) is 11.7 Å². The van der Waals surface area contributed by atoms with Crippen LogP contribution in [0.5, 0.6) is 0 Å². The zero-order valence-corrected chi connectivity index (χ0v) is 23.7. The van der Waals surface area contributed by atoms with Crippen LogP contribution in [0.25, 0.3) is 0 Å². The molecule has 0 aromatic heterocycles. The highest BCUT2D eigenvalue weighted by molar-refractivity contribution is 5.25. The summed E-state index contributed by atoms with van der Waals surface area (Å²) in [6.45, 7) is 17.2. The largest absolute Gasteiger partial charge is 0.396 e. The number of hydrogen-bond acceptors (Lipinski definition) is 2. The second-order valence-corrected chi connectivity index (χ2v) is 14.5. The monoisotopic (exact) mass is 472 g/mol. The topological polar surface area (TPSA) is 29.5 Å². The molecule has 0 aromatic rings. The second-order valence-electron chi connectivity index (χ2n) is 14.5. The van der Waals surface area contributed by atoms with Crippen molar-refractivity contribution in [3.05, 3.63) is 11.6 Å². The fraction of sp³-hybridized carbons (Fsp3) is 0.938. The van der Waals surface area contributed by atoms with Crippen LogP contribution in [-0.4, -0.2) is 23.4 Å². The molecule has 0 bridgehead atoms. The number of aliphatic hydroxyl groups is 1. The van der Waals surface area contributed by atoms with Crippen LogP contribution in [0.1, 0.15) is 126 Å². The molecule has 0 spiro atoms. The van der Waals surface area contributed by atoms with E-state index in [1.165, 1.54) is 64.2 Å². The van der Waals surface area contributed by atoms with E-state index in [9.17, 15) is 5.11 Å². The summed E-state index contributed by atoms with van der Waals surface area (Å²) in [6.07, 6.45) is 18.8. The zero-order valence-electron chi connectivity index (χ0n) is 23.7. The van der Waals surface area contributed by atoms with Gasteiger partial charge in [0, 0.05) is 6.61 Å². The van der Waals surface area contributed by atoms with Crippen LogP contribution in [0.15, 0.2) is 11.6 Å². The second kappa shape index (κ2) is 10.2. The van der Waals surface area contributed by atoms with Crippen LogP contribution in [0.3, 0.4) is 0 Å². The Morgan fingerprint density at radius 1 is 1.03 bits per heavy atom. The van der Waals surface area contributed by atoms with Crippen molar-refractivity contribution in [2.45, 2.75) is 137 Å². The van der Waals surface area contributed by atoms with Crippen molar-refractivity contribution in [3.8, 4) is 0 Å². The summed E-state index contributed by atoms with van der Waals surface area (Å²) in [7, 11) is 0. The van der Waals surface area contributed by atoms with Gasteiger partial charge in [-0.2, -0.15) is 0 Å². The first-order valence-corrected chi connectivity index (χ1v) is 15.0. The maximum absolute atomic E-state index is 9.41. The molecule has 8 unspecified atom stereocenters. The molecule has 196 valence electrons. The van der Waals surface area contributed by atoms with Gasteiger partial charge in [-0.3, -0.25) is 0 Å². The summed E-state index contributed by atoms with van der Waals surface area (Å²) < 4.78 is 6.52. The Labute approximate surface area is 211 Å². The van der Waals surface area contributed by atoms with E-state index in [0.717, 1.165) is 48.3 Å². The summed E-state index contributed by atoms with van der Waals surface area (Å²) >= 11 is 0. The van der Waals surface area contributed by atoms with Gasteiger partial charge in [0.1, 0.15) is 0 Å². The lowest BCUT2D eigenvalue weighted by Crippen LogP contribution is -2.51. The zero-order chi connectivity index (χ0) is 24.7. The SMILES string of the molecule is CC(C)CCCC(C)C1CCC2C3CC=C4CC(OC(C)(C)CCO)CCC4(C)C3CCC12C. The quantitative estimate of drug-likeness (QED) is 0.340. The van der Waals surface area contributed by atoms with Crippen molar-refractivity contribution in [3.63, 3.8) is 0 Å². The summed E-state index contributed by atoms with van der Waals surface area (Å²) in [5.41, 5.74) is 2.47. The normalized spacial score (nSPS) is 41.0. The molecule has 0 amide bonds. The molecule has 3 fully saturated rings. The molecule has 8 atom stereocenters. The van der Waals surface area contributed by atoms with Gasteiger partial charge in [-0.15, -0.1) is 0 Å². The Kier molecular flexibility index (Phi) is 8.01.